The number of carbonyl (C=O) groups excluding carboxylic acids is 3. The number of nitrogens with one attached hydrogen (secondary N) is 1. The minimum absolute atomic E-state index is 0.0982. The van der Waals surface area contributed by atoms with Crippen molar-refractivity contribution in [2.45, 2.75) is 52.2 Å². The molecular formula is C20H28N2O5. The van der Waals surface area contributed by atoms with Crippen LogP contribution in [0.2, 0.25) is 0 Å². The van der Waals surface area contributed by atoms with E-state index < -0.39 is 24.6 Å². The Kier molecular flexibility index (Phi) is 7.21. The minimum Gasteiger partial charge on any atom is -0.481 e. The lowest BCUT2D eigenvalue weighted by Crippen LogP contribution is -2.47. The summed E-state index contributed by atoms with van der Waals surface area (Å²) in [4.78, 5) is 35.6. The lowest BCUT2D eigenvalue weighted by Gasteiger charge is -2.35. The maximum absolute atomic E-state index is 12.3. The second-order valence-electron chi connectivity index (χ2n) is 7.16. The Morgan fingerprint density at radius 3 is 2.63 bits per heavy atom. The fourth-order valence-corrected chi connectivity index (χ4v) is 3.30. The number of hydrogen-bond acceptors (Lipinski definition) is 5. The van der Waals surface area contributed by atoms with Crippen LogP contribution in [0.4, 0.5) is 0 Å². The summed E-state index contributed by atoms with van der Waals surface area (Å²) < 4.78 is 10.5. The number of esters is 1. The first-order chi connectivity index (χ1) is 12.8. The number of benzene rings is 1. The van der Waals surface area contributed by atoms with Crippen molar-refractivity contribution >= 4 is 17.8 Å². The Morgan fingerprint density at radius 2 is 1.93 bits per heavy atom. The summed E-state index contributed by atoms with van der Waals surface area (Å²) in [5.74, 6) is -0.514. The summed E-state index contributed by atoms with van der Waals surface area (Å²) in [5, 5.41) is 2.98. The van der Waals surface area contributed by atoms with Gasteiger partial charge in [-0.3, -0.25) is 9.59 Å². The van der Waals surface area contributed by atoms with Crippen molar-refractivity contribution in [1.29, 1.82) is 0 Å². The molecule has 1 aliphatic carbocycles. The minimum atomic E-state index is -0.920. The zero-order valence-electron chi connectivity index (χ0n) is 16.1. The maximum Gasteiger partial charge on any atom is 0.344 e. The molecule has 2 rings (SSSR count). The number of primary amides is 1. The van der Waals surface area contributed by atoms with Gasteiger partial charge in [-0.2, -0.15) is 0 Å². The second kappa shape index (κ2) is 9.39. The van der Waals surface area contributed by atoms with Crippen molar-refractivity contribution in [3.05, 3.63) is 29.8 Å². The van der Waals surface area contributed by atoms with Gasteiger partial charge in [0, 0.05) is 6.04 Å². The van der Waals surface area contributed by atoms with Gasteiger partial charge in [0.2, 0.25) is 0 Å². The van der Waals surface area contributed by atoms with Crippen molar-refractivity contribution < 1.29 is 23.9 Å². The molecule has 0 radical (unpaired) electrons. The molecule has 148 valence electrons. The van der Waals surface area contributed by atoms with Crippen LogP contribution in [0.5, 0.6) is 5.75 Å². The van der Waals surface area contributed by atoms with Crippen LogP contribution < -0.4 is 15.8 Å². The molecule has 0 saturated heterocycles. The fourth-order valence-electron chi connectivity index (χ4n) is 3.30. The number of hydrogen-bond donors (Lipinski definition) is 2. The third kappa shape index (κ3) is 5.70. The molecule has 7 heteroatoms. The number of nitrogens with two attached hydrogens (primary N) is 1. The van der Waals surface area contributed by atoms with Gasteiger partial charge in [-0.25, -0.2) is 4.79 Å². The molecule has 7 nitrogen and oxygen atoms in total. The van der Waals surface area contributed by atoms with Gasteiger partial charge in [-0.15, -0.1) is 0 Å². The average molecular weight is 376 g/mol. The van der Waals surface area contributed by atoms with E-state index in [1.165, 1.54) is 25.5 Å². The molecule has 4 atom stereocenters. The number of para-hydroxylation sites is 1. The number of ether oxygens (including phenoxy) is 2. The smallest absolute Gasteiger partial charge is 0.344 e. The summed E-state index contributed by atoms with van der Waals surface area (Å²) in [5.41, 5.74) is 5.44. The predicted octanol–water partition coefficient (Wildman–Crippen LogP) is 2.04. The van der Waals surface area contributed by atoms with Gasteiger partial charge in [0.25, 0.3) is 11.8 Å². The van der Waals surface area contributed by atoms with Crippen molar-refractivity contribution in [2.24, 2.45) is 17.6 Å². The molecule has 0 unspecified atom stereocenters. The lowest BCUT2D eigenvalue weighted by atomic mass is 9.78. The maximum atomic E-state index is 12.3. The lowest BCUT2D eigenvalue weighted by molar-refractivity contribution is -0.157. The highest BCUT2D eigenvalue weighted by Gasteiger charge is 2.30. The molecule has 1 aromatic carbocycles. The van der Waals surface area contributed by atoms with Gasteiger partial charge in [0.05, 0.1) is 5.56 Å². The van der Waals surface area contributed by atoms with Crippen molar-refractivity contribution in [1.82, 2.24) is 5.32 Å². The van der Waals surface area contributed by atoms with E-state index in [0.29, 0.717) is 11.8 Å². The third-order valence-corrected chi connectivity index (χ3v) is 5.21. The van der Waals surface area contributed by atoms with Crippen LogP contribution in [0, 0.1) is 11.8 Å². The topological polar surface area (TPSA) is 108 Å². The first kappa shape index (κ1) is 20.7. The first-order valence-corrected chi connectivity index (χ1v) is 9.31. The molecule has 0 bridgehead atoms. The molecule has 1 aliphatic rings. The first-order valence-electron chi connectivity index (χ1n) is 9.31. The van der Waals surface area contributed by atoms with E-state index in [1.54, 1.807) is 12.1 Å². The highest BCUT2D eigenvalue weighted by molar-refractivity contribution is 5.95. The summed E-state index contributed by atoms with van der Waals surface area (Å²) in [6.07, 6.45) is 2.27. The Balaban J connectivity index is 1.83. The van der Waals surface area contributed by atoms with Gasteiger partial charge in [0.1, 0.15) is 5.75 Å². The van der Waals surface area contributed by atoms with Crippen molar-refractivity contribution in [3.63, 3.8) is 0 Å². The van der Waals surface area contributed by atoms with E-state index in [9.17, 15) is 14.4 Å². The van der Waals surface area contributed by atoms with E-state index in [4.69, 9.17) is 15.2 Å². The zero-order chi connectivity index (χ0) is 20.0. The Morgan fingerprint density at radius 1 is 1.22 bits per heavy atom. The Hall–Kier alpha value is -2.57. The summed E-state index contributed by atoms with van der Waals surface area (Å²) >= 11 is 0. The molecule has 1 fully saturated rings. The van der Waals surface area contributed by atoms with Crippen LogP contribution in [0.1, 0.15) is 50.4 Å². The molecule has 0 aromatic heterocycles. The van der Waals surface area contributed by atoms with Crippen LogP contribution in [-0.2, 0) is 14.3 Å². The highest BCUT2D eigenvalue weighted by atomic mass is 16.6. The molecule has 27 heavy (non-hydrogen) atoms. The highest BCUT2D eigenvalue weighted by Crippen LogP contribution is 2.29. The molecule has 1 aromatic rings. The number of amides is 2. The zero-order valence-corrected chi connectivity index (χ0v) is 16.1. The van der Waals surface area contributed by atoms with Crippen LogP contribution in [0.3, 0.4) is 0 Å². The van der Waals surface area contributed by atoms with E-state index in [2.05, 4.69) is 19.2 Å². The molecule has 1 saturated carbocycles. The van der Waals surface area contributed by atoms with Crippen LogP contribution >= 0.6 is 0 Å². The fraction of sp³-hybridized carbons (Fsp3) is 0.550. The Labute approximate surface area is 159 Å². The molecule has 0 aliphatic heterocycles. The third-order valence-electron chi connectivity index (χ3n) is 5.21. The van der Waals surface area contributed by atoms with E-state index in [1.807, 2.05) is 0 Å². The van der Waals surface area contributed by atoms with Crippen molar-refractivity contribution in [2.75, 3.05) is 6.61 Å². The quantitative estimate of drug-likeness (QED) is 0.708. The molecular weight excluding hydrogens is 348 g/mol. The predicted molar refractivity (Wildman–Crippen MR) is 100 cm³/mol. The standard InChI is InChI=1S/C20H28N2O5/c1-12-7-6-9-16(13(12)2)22-20(25)14(3)27-18(23)11-26-17-10-5-4-8-15(17)19(21)24/h4-5,8,10,12-14,16H,6-7,9,11H2,1-3H3,(H2,21,24)(H,22,25)/t12-,13-,14-,16-/m1/s1. The van der Waals surface area contributed by atoms with E-state index in [0.717, 1.165) is 12.8 Å². The van der Waals surface area contributed by atoms with Gasteiger partial charge in [-0.05, 0) is 37.3 Å². The summed E-state index contributed by atoms with van der Waals surface area (Å²) in [7, 11) is 0. The van der Waals surface area contributed by atoms with Crippen LogP contribution in [0.25, 0.3) is 0 Å². The van der Waals surface area contributed by atoms with Gasteiger partial charge < -0.3 is 20.5 Å². The number of carbonyl (C=O) groups is 3. The van der Waals surface area contributed by atoms with Gasteiger partial charge >= 0.3 is 5.97 Å². The van der Waals surface area contributed by atoms with Gasteiger partial charge in [0.15, 0.2) is 12.7 Å². The monoisotopic (exact) mass is 376 g/mol. The molecule has 0 spiro atoms. The normalized spacial score (nSPS) is 23.1. The molecule has 2 amide bonds. The average Bonchev–Trinajstić information content (AvgIpc) is 2.63. The summed E-state index contributed by atoms with van der Waals surface area (Å²) in [6.45, 7) is 5.43. The Bertz CT molecular complexity index is 691. The van der Waals surface area contributed by atoms with E-state index in [-0.39, 0.29) is 23.3 Å². The SMILES string of the molecule is C[C@@H]1[C@H](C)CCC[C@H]1NC(=O)[C@@H](C)OC(=O)COc1ccccc1C(N)=O. The molecule has 3 N–H and O–H groups in total. The van der Waals surface area contributed by atoms with Crippen LogP contribution in [0.15, 0.2) is 24.3 Å². The second-order valence-corrected chi connectivity index (χ2v) is 7.16. The van der Waals surface area contributed by atoms with E-state index >= 15 is 0 Å². The van der Waals surface area contributed by atoms with Crippen molar-refractivity contribution in [3.8, 4) is 5.75 Å². The van der Waals surface area contributed by atoms with Gasteiger partial charge in [-0.1, -0.05) is 38.8 Å². The summed E-state index contributed by atoms with van der Waals surface area (Å²) in [6, 6.07) is 6.45. The van der Waals surface area contributed by atoms with Crippen LogP contribution in [-0.4, -0.2) is 36.5 Å². The largest absolute Gasteiger partial charge is 0.481 e. The number of rotatable bonds is 7. The molecule has 0 heterocycles.